The van der Waals surface area contributed by atoms with Crippen molar-refractivity contribution >= 4 is 28.2 Å². The van der Waals surface area contributed by atoms with E-state index in [0.29, 0.717) is 18.2 Å². The number of nitrogens with zero attached hydrogens (tertiary/aromatic N) is 4. The quantitative estimate of drug-likeness (QED) is 0.880. The van der Waals surface area contributed by atoms with Gasteiger partial charge in [0.05, 0.1) is 0 Å². The molecule has 0 saturated carbocycles. The number of nitrogens with one attached hydrogen (secondary N) is 1. The zero-order valence-electron chi connectivity index (χ0n) is 11.3. The van der Waals surface area contributed by atoms with Crippen LogP contribution in [0.25, 0.3) is 0 Å². The summed E-state index contributed by atoms with van der Waals surface area (Å²) in [5.41, 5.74) is 2.55. The minimum Gasteiger partial charge on any atom is -0.508 e. The summed E-state index contributed by atoms with van der Waals surface area (Å²) in [6, 6.07) is 7.00. The molecule has 2 aromatic rings. The van der Waals surface area contributed by atoms with Crippen LogP contribution in [-0.4, -0.2) is 52.4 Å². The van der Waals surface area contributed by atoms with E-state index in [0.717, 1.165) is 18.8 Å². The fourth-order valence-corrected chi connectivity index (χ4v) is 2.69. The summed E-state index contributed by atoms with van der Waals surface area (Å²) >= 11 is 1.30. The number of benzene rings is 1. The molecule has 1 aromatic carbocycles. The van der Waals surface area contributed by atoms with E-state index < -0.39 is 0 Å². The molecular weight excluding hydrogens is 290 g/mol. The molecule has 0 atom stereocenters. The molecule has 0 radical (unpaired) electrons. The van der Waals surface area contributed by atoms with E-state index in [4.69, 9.17) is 0 Å². The summed E-state index contributed by atoms with van der Waals surface area (Å²) in [5, 5.41) is 20.2. The second-order valence-electron chi connectivity index (χ2n) is 4.67. The summed E-state index contributed by atoms with van der Waals surface area (Å²) in [7, 11) is 0. The average molecular weight is 305 g/mol. The summed E-state index contributed by atoms with van der Waals surface area (Å²) in [5.74, 6) is 0.254. The number of piperazine rings is 1. The van der Waals surface area contributed by atoms with Gasteiger partial charge in [0.2, 0.25) is 5.13 Å². The molecule has 110 valence electrons. The Morgan fingerprint density at radius 3 is 2.76 bits per heavy atom. The predicted octanol–water partition coefficient (Wildman–Crippen LogP) is 1.60. The lowest BCUT2D eigenvalue weighted by Gasteiger charge is -2.35. The van der Waals surface area contributed by atoms with Gasteiger partial charge in [-0.05, 0) is 12.1 Å². The molecule has 0 unspecified atom stereocenters. The molecule has 2 N–H and O–H groups in total. The fourth-order valence-electron chi connectivity index (χ4n) is 2.26. The number of aromatic hydroxyl groups is 1. The number of carbonyl (C=O) groups excluding carboxylic acids is 1. The van der Waals surface area contributed by atoms with Crippen LogP contribution in [0.2, 0.25) is 0 Å². The van der Waals surface area contributed by atoms with Gasteiger partial charge in [-0.1, -0.05) is 17.4 Å². The van der Waals surface area contributed by atoms with Gasteiger partial charge in [0.25, 0.3) is 0 Å². The van der Waals surface area contributed by atoms with Crippen LogP contribution in [0.4, 0.5) is 15.6 Å². The van der Waals surface area contributed by atoms with Crippen molar-refractivity contribution in [2.45, 2.75) is 0 Å². The van der Waals surface area contributed by atoms with Gasteiger partial charge >= 0.3 is 6.03 Å². The van der Waals surface area contributed by atoms with E-state index in [1.165, 1.54) is 11.3 Å². The molecule has 0 spiro atoms. The average Bonchev–Trinajstić information content (AvgIpc) is 3.00. The van der Waals surface area contributed by atoms with Crippen molar-refractivity contribution in [1.82, 2.24) is 15.1 Å². The number of phenolic OH excluding ortho intramolecular Hbond substituents is 1. The van der Waals surface area contributed by atoms with E-state index >= 15 is 0 Å². The Kier molecular flexibility index (Phi) is 3.87. The SMILES string of the molecule is O=C(Nc1nncs1)N1CCN(c2cccc(O)c2)CC1. The predicted molar refractivity (Wildman–Crippen MR) is 80.8 cm³/mol. The zero-order valence-corrected chi connectivity index (χ0v) is 12.1. The number of aromatic nitrogens is 2. The lowest BCUT2D eigenvalue weighted by Crippen LogP contribution is -2.50. The van der Waals surface area contributed by atoms with Crippen LogP contribution in [0.3, 0.4) is 0 Å². The number of hydrogen-bond donors (Lipinski definition) is 2. The molecule has 2 heterocycles. The van der Waals surface area contributed by atoms with Crippen molar-refractivity contribution in [3.63, 3.8) is 0 Å². The Labute approximate surface area is 125 Å². The molecular formula is C13H15N5O2S. The van der Waals surface area contributed by atoms with Crippen LogP contribution in [0, 0.1) is 0 Å². The molecule has 1 saturated heterocycles. The van der Waals surface area contributed by atoms with Crippen molar-refractivity contribution in [1.29, 1.82) is 0 Å². The van der Waals surface area contributed by atoms with Crippen LogP contribution in [0.5, 0.6) is 5.75 Å². The second kappa shape index (κ2) is 5.96. The largest absolute Gasteiger partial charge is 0.508 e. The zero-order chi connectivity index (χ0) is 14.7. The number of urea groups is 1. The lowest BCUT2D eigenvalue weighted by molar-refractivity contribution is 0.208. The van der Waals surface area contributed by atoms with Crippen molar-refractivity contribution in [2.75, 3.05) is 36.4 Å². The van der Waals surface area contributed by atoms with Gasteiger partial charge in [0.1, 0.15) is 11.3 Å². The van der Waals surface area contributed by atoms with Gasteiger partial charge in [-0.25, -0.2) is 4.79 Å². The first kappa shape index (κ1) is 13.6. The Morgan fingerprint density at radius 1 is 1.29 bits per heavy atom. The molecule has 3 rings (SSSR count). The Morgan fingerprint density at radius 2 is 2.10 bits per heavy atom. The van der Waals surface area contributed by atoms with Gasteiger partial charge in [-0.3, -0.25) is 5.32 Å². The molecule has 0 aliphatic carbocycles. The first-order valence-electron chi connectivity index (χ1n) is 6.58. The third-order valence-corrected chi connectivity index (χ3v) is 3.94. The molecule has 8 heteroatoms. The van der Waals surface area contributed by atoms with E-state index in [-0.39, 0.29) is 11.8 Å². The molecule has 1 fully saturated rings. The van der Waals surface area contributed by atoms with Crippen LogP contribution in [0.1, 0.15) is 0 Å². The van der Waals surface area contributed by atoms with Crippen molar-refractivity contribution in [2.24, 2.45) is 0 Å². The summed E-state index contributed by atoms with van der Waals surface area (Å²) in [4.78, 5) is 16.0. The highest BCUT2D eigenvalue weighted by atomic mass is 32.1. The third-order valence-electron chi connectivity index (χ3n) is 3.34. The Hall–Kier alpha value is -2.35. The number of hydrogen-bond acceptors (Lipinski definition) is 6. The number of rotatable bonds is 2. The Bertz CT molecular complexity index is 611. The second-order valence-corrected chi connectivity index (χ2v) is 5.50. The van der Waals surface area contributed by atoms with Gasteiger partial charge < -0.3 is 14.9 Å². The van der Waals surface area contributed by atoms with Crippen LogP contribution >= 0.6 is 11.3 Å². The minimum atomic E-state index is -0.151. The van der Waals surface area contributed by atoms with E-state index in [2.05, 4.69) is 20.4 Å². The van der Waals surface area contributed by atoms with Crippen molar-refractivity contribution in [3.8, 4) is 5.75 Å². The maximum Gasteiger partial charge on any atom is 0.323 e. The maximum atomic E-state index is 12.1. The van der Waals surface area contributed by atoms with E-state index in [1.54, 1.807) is 22.5 Å². The highest BCUT2D eigenvalue weighted by Gasteiger charge is 2.22. The van der Waals surface area contributed by atoms with E-state index in [1.807, 2.05) is 12.1 Å². The standard InChI is InChI=1S/C13H15N5O2S/c19-11-3-1-2-10(8-11)17-4-6-18(7-5-17)13(20)15-12-16-14-9-21-12/h1-3,8-9,19H,4-7H2,(H,15,16,20). The van der Waals surface area contributed by atoms with Gasteiger partial charge in [-0.15, -0.1) is 10.2 Å². The lowest BCUT2D eigenvalue weighted by atomic mass is 10.2. The third kappa shape index (κ3) is 3.22. The molecule has 0 bridgehead atoms. The number of carbonyl (C=O) groups is 1. The molecule has 21 heavy (non-hydrogen) atoms. The first-order chi connectivity index (χ1) is 10.2. The molecule has 7 nitrogen and oxygen atoms in total. The van der Waals surface area contributed by atoms with Gasteiger partial charge in [0.15, 0.2) is 0 Å². The summed E-state index contributed by atoms with van der Waals surface area (Å²) in [6.45, 7) is 2.71. The maximum absolute atomic E-state index is 12.1. The van der Waals surface area contributed by atoms with Gasteiger partial charge in [-0.2, -0.15) is 0 Å². The van der Waals surface area contributed by atoms with Crippen LogP contribution in [0.15, 0.2) is 29.8 Å². The number of anilines is 2. The van der Waals surface area contributed by atoms with E-state index in [9.17, 15) is 9.90 Å². The normalized spacial score (nSPS) is 15.0. The number of amides is 2. The molecule has 1 aliphatic heterocycles. The molecule has 1 aromatic heterocycles. The van der Waals surface area contributed by atoms with Crippen LogP contribution < -0.4 is 10.2 Å². The van der Waals surface area contributed by atoms with Crippen LogP contribution in [-0.2, 0) is 0 Å². The minimum absolute atomic E-state index is 0.151. The fraction of sp³-hybridized carbons (Fsp3) is 0.308. The van der Waals surface area contributed by atoms with Crippen molar-refractivity contribution < 1.29 is 9.90 Å². The first-order valence-corrected chi connectivity index (χ1v) is 7.46. The summed E-state index contributed by atoms with van der Waals surface area (Å²) in [6.07, 6.45) is 0. The van der Waals surface area contributed by atoms with Gasteiger partial charge in [0, 0.05) is 37.9 Å². The smallest absolute Gasteiger partial charge is 0.323 e. The summed E-state index contributed by atoms with van der Waals surface area (Å²) < 4.78 is 0. The molecule has 1 aliphatic rings. The monoisotopic (exact) mass is 305 g/mol. The highest BCUT2D eigenvalue weighted by molar-refractivity contribution is 7.13. The van der Waals surface area contributed by atoms with Crippen molar-refractivity contribution in [3.05, 3.63) is 29.8 Å². The highest BCUT2D eigenvalue weighted by Crippen LogP contribution is 2.21. The molecule has 2 amide bonds. The Balaban J connectivity index is 1.56. The number of phenols is 1. The topological polar surface area (TPSA) is 81.6 Å².